The van der Waals surface area contributed by atoms with Gasteiger partial charge in [0.15, 0.2) is 5.69 Å². The van der Waals surface area contributed by atoms with Gasteiger partial charge in [-0.05, 0) is 24.8 Å². The number of nitrogens with zero attached hydrogens (tertiary/aromatic N) is 2. The van der Waals surface area contributed by atoms with Crippen LogP contribution in [0.1, 0.15) is 23.3 Å². The van der Waals surface area contributed by atoms with Crippen LogP contribution in [0.15, 0.2) is 24.3 Å². The zero-order chi connectivity index (χ0) is 14.1. The summed E-state index contributed by atoms with van der Waals surface area (Å²) in [4.78, 5) is 23.0. The number of carbonyl (C=O) groups excluding carboxylic acids is 1. The van der Waals surface area contributed by atoms with Gasteiger partial charge in [-0.3, -0.25) is 9.48 Å². The molecule has 20 heavy (non-hydrogen) atoms. The fourth-order valence-electron chi connectivity index (χ4n) is 2.18. The van der Waals surface area contributed by atoms with Crippen molar-refractivity contribution in [2.45, 2.75) is 19.4 Å². The van der Waals surface area contributed by atoms with E-state index in [0.717, 1.165) is 0 Å². The van der Waals surface area contributed by atoms with E-state index in [-0.39, 0.29) is 18.1 Å². The summed E-state index contributed by atoms with van der Waals surface area (Å²) in [6, 6.07) is 7.02. The summed E-state index contributed by atoms with van der Waals surface area (Å²) < 4.78 is 1.45. The Bertz CT molecular complexity index is 673. The first-order chi connectivity index (χ1) is 9.65. The van der Waals surface area contributed by atoms with Crippen molar-refractivity contribution in [2.75, 3.05) is 6.54 Å². The third-order valence-corrected chi connectivity index (χ3v) is 3.44. The van der Waals surface area contributed by atoms with Crippen LogP contribution in [0.3, 0.4) is 0 Å². The molecule has 6 heteroatoms. The van der Waals surface area contributed by atoms with Crippen molar-refractivity contribution in [1.29, 1.82) is 0 Å². The van der Waals surface area contributed by atoms with E-state index in [9.17, 15) is 9.59 Å². The second-order valence-electron chi connectivity index (χ2n) is 5.08. The molecule has 1 saturated carbocycles. The molecule has 0 atom stereocenters. The molecule has 0 aliphatic heterocycles. The Labute approximate surface area is 115 Å². The van der Waals surface area contributed by atoms with Crippen LogP contribution >= 0.6 is 0 Å². The summed E-state index contributed by atoms with van der Waals surface area (Å²) in [6.45, 7) is 0.740. The lowest BCUT2D eigenvalue weighted by Crippen LogP contribution is -2.29. The van der Waals surface area contributed by atoms with E-state index in [4.69, 9.17) is 5.11 Å². The van der Waals surface area contributed by atoms with Crippen molar-refractivity contribution in [3.63, 3.8) is 0 Å². The molecule has 0 unspecified atom stereocenters. The second kappa shape index (κ2) is 4.96. The number of fused-ring (bicyclic) bond motifs is 1. The minimum absolute atomic E-state index is 0.0180. The summed E-state index contributed by atoms with van der Waals surface area (Å²) in [5, 5.41) is 16.6. The van der Waals surface area contributed by atoms with Crippen molar-refractivity contribution in [3.8, 4) is 0 Å². The van der Waals surface area contributed by atoms with Gasteiger partial charge in [0, 0.05) is 11.9 Å². The van der Waals surface area contributed by atoms with Gasteiger partial charge in [0.05, 0.1) is 5.52 Å². The second-order valence-corrected chi connectivity index (χ2v) is 5.08. The van der Waals surface area contributed by atoms with Crippen molar-refractivity contribution in [1.82, 2.24) is 15.1 Å². The van der Waals surface area contributed by atoms with E-state index in [1.54, 1.807) is 24.3 Å². The number of carboxylic acids is 1. The van der Waals surface area contributed by atoms with Gasteiger partial charge in [-0.25, -0.2) is 4.79 Å². The molecule has 3 rings (SSSR count). The Morgan fingerprint density at radius 3 is 2.80 bits per heavy atom. The third-order valence-electron chi connectivity index (χ3n) is 3.44. The normalized spacial score (nSPS) is 14.4. The first-order valence-electron chi connectivity index (χ1n) is 6.60. The summed E-state index contributed by atoms with van der Waals surface area (Å²) in [7, 11) is 0. The molecule has 1 heterocycles. The highest BCUT2D eigenvalue weighted by Crippen LogP contribution is 2.27. The smallest absolute Gasteiger partial charge is 0.357 e. The molecule has 0 radical (unpaired) electrons. The summed E-state index contributed by atoms with van der Waals surface area (Å²) >= 11 is 0. The number of benzene rings is 1. The van der Waals surface area contributed by atoms with Gasteiger partial charge in [0.1, 0.15) is 6.54 Å². The minimum atomic E-state index is -1.08. The number of aromatic carboxylic acids is 1. The molecule has 1 aliphatic rings. The molecule has 104 valence electrons. The van der Waals surface area contributed by atoms with E-state index in [1.807, 2.05) is 0 Å². The number of carbonyl (C=O) groups is 2. The maximum absolute atomic E-state index is 11.8. The Hall–Kier alpha value is -2.37. The SMILES string of the molecule is O=C(Cn1nc(C(=O)O)c2ccccc21)NCC1CC1. The number of nitrogens with one attached hydrogen (secondary N) is 1. The molecule has 6 nitrogen and oxygen atoms in total. The largest absolute Gasteiger partial charge is 0.476 e. The van der Waals surface area contributed by atoms with Crippen molar-refractivity contribution in [3.05, 3.63) is 30.0 Å². The molecule has 2 N–H and O–H groups in total. The van der Waals surface area contributed by atoms with E-state index in [1.165, 1.54) is 17.5 Å². The number of rotatable bonds is 5. The number of hydrogen-bond donors (Lipinski definition) is 2. The number of amides is 1. The Balaban J connectivity index is 1.83. The fraction of sp³-hybridized carbons (Fsp3) is 0.357. The lowest BCUT2D eigenvalue weighted by Gasteiger charge is -2.05. The van der Waals surface area contributed by atoms with E-state index in [2.05, 4.69) is 10.4 Å². The van der Waals surface area contributed by atoms with Crippen LogP contribution in [-0.2, 0) is 11.3 Å². The Morgan fingerprint density at radius 1 is 1.35 bits per heavy atom. The van der Waals surface area contributed by atoms with Gasteiger partial charge >= 0.3 is 5.97 Å². The predicted molar refractivity (Wildman–Crippen MR) is 72.4 cm³/mol. The van der Waals surface area contributed by atoms with Crippen LogP contribution in [0.5, 0.6) is 0 Å². The summed E-state index contributed by atoms with van der Waals surface area (Å²) in [6.07, 6.45) is 2.35. The maximum atomic E-state index is 11.8. The number of aromatic nitrogens is 2. The Kier molecular flexibility index (Phi) is 3.14. The van der Waals surface area contributed by atoms with Gasteiger partial charge in [-0.2, -0.15) is 5.10 Å². The molecular formula is C14H15N3O3. The zero-order valence-corrected chi connectivity index (χ0v) is 10.9. The molecule has 0 spiro atoms. The van der Waals surface area contributed by atoms with Crippen LogP contribution < -0.4 is 5.32 Å². The molecule has 1 fully saturated rings. The average Bonchev–Trinajstić information content (AvgIpc) is 3.19. The molecule has 1 amide bonds. The number of carboxylic acid groups (broad SMARTS) is 1. The monoisotopic (exact) mass is 273 g/mol. The van der Waals surface area contributed by atoms with E-state index < -0.39 is 5.97 Å². The lowest BCUT2D eigenvalue weighted by atomic mass is 10.2. The van der Waals surface area contributed by atoms with Crippen LogP contribution in [-0.4, -0.2) is 33.3 Å². The first kappa shape index (κ1) is 12.7. The van der Waals surface area contributed by atoms with Gasteiger partial charge in [-0.1, -0.05) is 18.2 Å². The van der Waals surface area contributed by atoms with E-state index in [0.29, 0.717) is 23.4 Å². The third kappa shape index (κ3) is 2.49. The minimum Gasteiger partial charge on any atom is -0.476 e. The molecular weight excluding hydrogens is 258 g/mol. The van der Waals surface area contributed by atoms with Gasteiger partial charge in [0.2, 0.25) is 5.91 Å². The van der Waals surface area contributed by atoms with Crippen LogP contribution in [0.2, 0.25) is 0 Å². The summed E-state index contributed by atoms with van der Waals surface area (Å²) in [5.41, 5.74) is 0.641. The molecule has 2 aromatic rings. The molecule has 0 bridgehead atoms. The number of para-hydroxylation sites is 1. The quantitative estimate of drug-likeness (QED) is 0.859. The molecule has 1 aromatic heterocycles. The molecule has 1 aliphatic carbocycles. The van der Waals surface area contributed by atoms with E-state index >= 15 is 0 Å². The highest BCUT2D eigenvalue weighted by molar-refractivity contribution is 6.01. The molecule has 1 aromatic carbocycles. The highest BCUT2D eigenvalue weighted by Gasteiger charge is 2.22. The summed E-state index contributed by atoms with van der Waals surface area (Å²) in [5.74, 6) is -0.608. The van der Waals surface area contributed by atoms with Crippen LogP contribution in [0.4, 0.5) is 0 Å². The lowest BCUT2D eigenvalue weighted by molar-refractivity contribution is -0.121. The van der Waals surface area contributed by atoms with Crippen molar-refractivity contribution in [2.24, 2.45) is 5.92 Å². The van der Waals surface area contributed by atoms with Crippen LogP contribution in [0, 0.1) is 5.92 Å². The maximum Gasteiger partial charge on any atom is 0.357 e. The Morgan fingerprint density at radius 2 is 2.10 bits per heavy atom. The zero-order valence-electron chi connectivity index (χ0n) is 10.9. The molecule has 0 saturated heterocycles. The predicted octanol–water partition coefficient (Wildman–Crippen LogP) is 1.26. The van der Waals surface area contributed by atoms with Crippen molar-refractivity contribution < 1.29 is 14.7 Å². The van der Waals surface area contributed by atoms with Crippen LogP contribution in [0.25, 0.3) is 10.9 Å². The van der Waals surface area contributed by atoms with Gasteiger partial charge < -0.3 is 10.4 Å². The first-order valence-corrected chi connectivity index (χ1v) is 6.60. The van der Waals surface area contributed by atoms with Gasteiger partial charge in [0.25, 0.3) is 0 Å². The number of hydrogen-bond acceptors (Lipinski definition) is 3. The fourth-order valence-corrected chi connectivity index (χ4v) is 2.18. The van der Waals surface area contributed by atoms with Crippen molar-refractivity contribution >= 4 is 22.8 Å². The average molecular weight is 273 g/mol. The highest BCUT2D eigenvalue weighted by atomic mass is 16.4. The van der Waals surface area contributed by atoms with Gasteiger partial charge in [-0.15, -0.1) is 0 Å². The standard InChI is InChI=1S/C14H15N3O3/c18-12(15-7-9-5-6-9)8-17-11-4-2-1-3-10(11)13(16-17)14(19)20/h1-4,9H,5-8H2,(H,15,18)(H,19,20). The topological polar surface area (TPSA) is 84.2 Å².